The Morgan fingerprint density at radius 3 is 2.38 bits per heavy atom. The molecule has 1 aliphatic heterocycles. The van der Waals surface area contributed by atoms with Gasteiger partial charge < -0.3 is 14.6 Å². The summed E-state index contributed by atoms with van der Waals surface area (Å²) in [5.74, 6) is -1.21. The van der Waals surface area contributed by atoms with E-state index in [0.29, 0.717) is 22.7 Å². The fourth-order valence-electron chi connectivity index (χ4n) is 4.18. The monoisotopic (exact) mass is 494 g/mol. The number of methoxy groups -OCH3 is 1. The molecular weight excluding hydrogens is 472 g/mol. The van der Waals surface area contributed by atoms with Crippen molar-refractivity contribution in [3.05, 3.63) is 96.2 Å². The van der Waals surface area contributed by atoms with Gasteiger partial charge in [0.2, 0.25) is 5.91 Å². The number of rotatable bonds is 6. The first-order valence-electron chi connectivity index (χ1n) is 11.4. The molecule has 9 heteroatoms. The van der Waals surface area contributed by atoms with Crippen molar-refractivity contribution in [1.29, 1.82) is 0 Å². The summed E-state index contributed by atoms with van der Waals surface area (Å²) in [6.07, 6.45) is 3.14. The molecule has 1 fully saturated rings. The van der Waals surface area contributed by atoms with Crippen molar-refractivity contribution in [1.82, 2.24) is 9.88 Å². The number of para-hydroxylation sites is 2. The Balaban J connectivity index is 1.48. The smallest absolute Gasteiger partial charge is 0.335 e. The van der Waals surface area contributed by atoms with Crippen molar-refractivity contribution in [3.63, 3.8) is 0 Å². The lowest BCUT2D eigenvalue weighted by atomic mass is 10.1. The van der Waals surface area contributed by atoms with E-state index in [0.717, 1.165) is 15.8 Å². The number of hydrogen-bond donors (Lipinski definition) is 2. The summed E-state index contributed by atoms with van der Waals surface area (Å²) in [4.78, 5) is 52.1. The highest BCUT2D eigenvalue weighted by molar-refractivity contribution is 6.39. The van der Waals surface area contributed by atoms with E-state index in [9.17, 15) is 19.2 Å². The van der Waals surface area contributed by atoms with Crippen LogP contribution in [0.4, 0.5) is 16.2 Å². The minimum Gasteiger partial charge on any atom is -0.497 e. The quantitative estimate of drug-likeness (QED) is 0.312. The molecule has 9 nitrogen and oxygen atoms in total. The van der Waals surface area contributed by atoms with Gasteiger partial charge >= 0.3 is 6.03 Å². The van der Waals surface area contributed by atoms with Crippen LogP contribution in [0.5, 0.6) is 5.75 Å². The predicted molar refractivity (Wildman–Crippen MR) is 139 cm³/mol. The van der Waals surface area contributed by atoms with Crippen LogP contribution in [0.3, 0.4) is 0 Å². The Labute approximate surface area is 211 Å². The summed E-state index contributed by atoms with van der Waals surface area (Å²) in [6, 6.07) is 22.0. The first-order chi connectivity index (χ1) is 17.9. The van der Waals surface area contributed by atoms with Crippen molar-refractivity contribution in [2.24, 2.45) is 0 Å². The maximum absolute atomic E-state index is 13.3. The number of anilines is 2. The summed E-state index contributed by atoms with van der Waals surface area (Å²) in [6.45, 7) is 0.0230. The molecule has 184 valence electrons. The van der Waals surface area contributed by atoms with E-state index < -0.39 is 17.8 Å². The summed E-state index contributed by atoms with van der Waals surface area (Å²) < 4.78 is 6.88. The number of urea groups is 1. The zero-order valence-electron chi connectivity index (χ0n) is 19.8. The van der Waals surface area contributed by atoms with Crippen LogP contribution < -0.4 is 20.3 Å². The SMILES string of the molecule is COc1ccc(N2C(=O)NC(=O)/C(=C\c3cn(CC(=O)Nc4ccccc4)c4ccccc34)C2=O)cc1. The fourth-order valence-corrected chi connectivity index (χ4v) is 4.18. The van der Waals surface area contributed by atoms with Gasteiger partial charge in [-0.05, 0) is 48.5 Å². The van der Waals surface area contributed by atoms with Gasteiger partial charge in [-0.2, -0.15) is 0 Å². The van der Waals surface area contributed by atoms with Gasteiger partial charge in [-0.15, -0.1) is 0 Å². The number of imide groups is 2. The standard InChI is InChI=1S/C28H22N4O5/c1-37-21-13-11-20(12-14-21)32-27(35)23(26(34)30-28(32)36)15-18-16-31(24-10-6-5-9-22(18)24)17-25(33)29-19-7-3-2-4-8-19/h2-16H,17H2,1H3,(H,29,33)(H,30,34,36)/b23-15+. The van der Waals surface area contributed by atoms with Crippen LogP contribution in [0.25, 0.3) is 17.0 Å². The highest BCUT2D eigenvalue weighted by Crippen LogP contribution is 2.27. The van der Waals surface area contributed by atoms with Crippen LogP contribution in [-0.2, 0) is 20.9 Å². The first kappa shape index (κ1) is 23.6. The average Bonchev–Trinajstić information content (AvgIpc) is 3.24. The van der Waals surface area contributed by atoms with Gasteiger partial charge in [-0.3, -0.25) is 19.7 Å². The average molecular weight is 495 g/mol. The van der Waals surface area contributed by atoms with E-state index in [4.69, 9.17) is 4.74 Å². The number of nitrogens with zero attached hydrogens (tertiary/aromatic N) is 2. The molecule has 0 spiro atoms. The van der Waals surface area contributed by atoms with Gasteiger partial charge in [0.1, 0.15) is 17.9 Å². The molecule has 4 aromatic rings. The van der Waals surface area contributed by atoms with Gasteiger partial charge in [0.15, 0.2) is 0 Å². The number of carbonyl (C=O) groups excluding carboxylic acids is 4. The maximum atomic E-state index is 13.3. The van der Waals surface area contributed by atoms with Crippen molar-refractivity contribution >= 4 is 52.1 Å². The Morgan fingerprint density at radius 1 is 0.946 bits per heavy atom. The van der Waals surface area contributed by atoms with Gasteiger partial charge in [0.05, 0.1) is 12.8 Å². The minimum absolute atomic E-state index is 0.0230. The molecule has 0 radical (unpaired) electrons. The number of barbiturate groups is 1. The van der Waals surface area contributed by atoms with Crippen LogP contribution in [-0.4, -0.2) is 35.4 Å². The molecule has 0 aliphatic carbocycles. The normalized spacial score (nSPS) is 14.7. The number of amides is 5. The Hall–Kier alpha value is -5.18. The van der Waals surface area contributed by atoms with E-state index in [1.807, 2.05) is 42.5 Å². The number of hydrogen-bond acceptors (Lipinski definition) is 5. The second kappa shape index (κ2) is 9.82. The molecule has 3 aromatic carbocycles. The lowest BCUT2D eigenvalue weighted by molar-refractivity contribution is -0.122. The van der Waals surface area contributed by atoms with Crippen LogP contribution in [0, 0.1) is 0 Å². The highest BCUT2D eigenvalue weighted by atomic mass is 16.5. The molecular formula is C28H22N4O5. The van der Waals surface area contributed by atoms with Crippen LogP contribution in [0.2, 0.25) is 0 Å². The predicted octanol–water partition coefficient (Wildman–Crippen LogP) is 3.96. The largest absolute Gasteiger partial charge is 0.497 e. The molecule has 2 heterocycles. The Bertz CT molecular complexity index is 1550. The summed E-state index contributed by atoms with van der Waals surface area (Å²) in [5.41, 5.74) is 2.09. The number of fused-ring (bicyclic) bond motifs is 1. The van der Waals surface area contributed by atoms with E-state index in [1.54, 1.807) is 47.2 Å². The van der Waals surface area contributed by atoms with Gasteiger partial charge in [-0.25, -0.2) is 9.69 Å². The van der Waals surface area contributed by atoms with Gasteiger partial charge in [0, 0.05) is 28.4 Å². The number of nitrogens with one attached hydrogen (secondary N) is 2. The van der Waals surface area contributed by atoms with Crippen molar-refractivity contribution in [2.45, 2.75) is 6.54 Å². The molecule has 0 saturated carbocycles. The molecule has 2 N–H and O–H groups in total. The summed E-state index contributed by atoms with van der Waals surface area (Å²) in [7, 11) is 1.51. The highest BCUT2D eigenvalue weighted by Gasteiger charge is 2.37. The van der Waals surface area contributed by atoms with E-state index in [-0.39, 0.29) is 18.0 Å². The maximum Gasteiger partial charge on any atom is 0.335 e. The first-order valence-corrected chi connectivity index (χ1v) is 11.4. The fraction of sp³-hybridized carbons (Fsp3) is 0.0714. The number of benzene rings is 3. The molecule has 37 heavy (non-hydrogen) atoms. The molecule has 1 saturated heterocycles. The molecule has 0 unspecified atom stereocenters. The van der Waals surface area contributed by atoms with E-state index in [1.165, 1.54) is 13.2 Å². The van der Waals surface area contributed by atoms with Gasteiger partial charge in [0.25, 0.3) is 11.8 Å². The Kier molecular flexibility index (Phi) is 6.25. The lowest BCUT2D eigenvalue weighted by Crippen LogP contribution is -2.54. The second-order valence-corrected chi connectivity index (χ2v) is 8.30. The molecule has 5 amide bonds. The molecule has 0 bridgehead atoms. The lowest BCUT2D eigenvalue weighted by Gasteiger charge is -2.26. The minimum atomic E-state index is -0.836. The Morgan fingerprint density at radius 2 is 1.65 bits per heavy atom. The molecule has 5 rings (SSSR count). The number of carbonyl (C=O) groups is 4. The third kappa shape index (κ3) is 4.70. The van der Waals surface area contributed by atoms with Crippen LogP contribution >= 0.6 is 0 Å². The molecule has 0 atom stereocenters. The van der Waals surface area contributed by atoms with Crippen molar-refractivity contribution < 1.29 is 23.9 Å². The van der Waals surface area contributed by atoms with Crippen molar-refractivity contribution in [2.75, 3.05) is 17.3 Å². The zero-order chi connectivity index (χ0) is 25.9. The van der Waals surface area contributed by atoms with Gasteiger partial charge in [-0.1, -0.05) is 36.4 Å². The second-order valence-electron chi connectivity index (χ2n) is 8.30. The number of aromatic nitrogens is 1. The van der Waals surface area contributed by atoms with E-state index in [2.05, 4.69) is 10.6 Å². The third-order valence-electron chi connectivity index (χ3n) is 5.92. The summed E-state index contributed by atoms with van der Waals surface area (Å²) >= 11 is 0. The third-order valence-corrected chi connectivity index (χ3v) is 5.92. The van der Waals surface area contributed by atoms with Crippen molar-refractivity contribution in [3.8, 4) is 5.75 Å². The molecule has 1 aliphatic rings. The van der Waals surface area contributed by atoms with E-state index >= 15 is 0 Å². The zero-order valence-corrected chi connectivity index (χ0v) is 19.8. The summed E-state index contributed by atoms with van der Waals surface area (Å²) in [5, 5.41) is 5.82. The topological polar surface area (TPSA) is 110 Å². The van der Waals surface area contributed by atoms with Crippen LogP contribution in [0.15, 0.2) is 90.6 Å². The van der Waals surface area contributed by atoms with Crippen LogP contribution in [0.1, 0.15) is 5.56 Å². The molecule has 1 aromatic heterocycles. The number of ether oxygens (including phenoxy) is 1.